The van der Waals surface area contributed by atoms with Crippen molar-refractivity contribution in [3.8, 4) is 0 Å². The molecule has 0 amide bonds. The van der Waals surface area contributed by atoms with Crippen LogP contribution in [0, 0.1) is 7.43 Å². The van der Waals surface area contributed by atoms with E-state index < -0.39 is 0 Å². The van der Waals surface area contributed by atoms with E-state index in [9.17, 15) is 0 Å². The van der Waals surface area contributed by atoms with E-state index in [0.29, 0.717) is 0 Å². The third kappa shape index (κ3) is 9.76. The van der Waals surface area contributed by atoms with Gasteiger partial charge in [0.2, 0.25) is 0 Å². The summed E-state index contributed by atoms with van der Waals surface area (Å²) in [7, 11) is 0. The molecule has 0 saturated carbocycles. The Hall–Kier alpha value is 1.48. The van der Waals surface area contributed by atoms with Crippen molar-refractivity contribution < 1.29 is 50.1 Å². The molecule has 0 aliphatic heterocycles. The molecule has 0 N–H and O–H groups in total. The van der Waals surface area contributed by atoms with Crippen molar-refractivity contribution in [2.45, 2.75) is 0 Å². The van der Waals surface area contributed by atoms with Gasteiger partial charge in [-0.15, -0.1) is 0 Å². The largest absolute Gasteiger partial charge is 1.00 e. The molecule has 0 saturated heterocycles. The molecule has 0 unspecified atom stereocenters. The summed E-state index contributed by atoms with van der Waals surface area (Å²) in [6.45, 7) is 0. The van der Waals surface area contributed by atoms with Gasteiger partial charge in [0.15, 0.2) is 0 Å². The van der Waals surface area contributed by atoms with Crippen LogP contribution in [0.2, 0.25) is 0 Å². The van der Waals surface area contributed by atoms with Crippen molar-refractivity contribution in [2.75, 3.05) is 0 Å². The second kappa shape index (κ2) is 24.7. The van der Waals surface area contributed by atoms with Gasteiger partial charge in [0.25, 0.3) is 0 Å². The van der Waals surface area contributed by atoms with Crippen LogP contribution in [0.1, 0.15) is 0 Å². The molecule has 0 aliphatic rings. The maximum absolute atomic E-state index is 0. The molecule has 0 heterocycles. The van der Waals surface area contributed by atoms with Gasteiger partial charge in [0.1, 0.15) is 0 Å². The predicted molar refractivity (Wildman–Crippen MR) is 6.41 cm³/mol. The first-order valence-corrected chi connectivity index (χ1v) is 0. The molecule has 0 bridgehead atoms. The molecule has 0 aromatic heterocycles. The molecule has 0 fully saturated rings. The van der Waals surface area contributed by atoms with E-state index in [1.807, 2.05) is 0 Å². The Balaban J connectivity index is 0. The van der Waals surface area contributed by atoms with Gasteiger partial charge in [-0.3, -0.25) is 0 Å². The van der Waals surface area contributed by atoms with Crippen LogP contribution >= 0.6 is 0 Å². The van der Waals surface area contributed by atoms with Crippen molar-refractivity contribution in [3.05, 3.63) is 7.43 Å². The Morgan fingerprint density at radius 3 is 0.750 bits per heavy atom. The summed E-state index contributed by atoms with van der Waals surface area (Å²) in [5.41, 5.74) is 0. The smallest absolute Gasteiger partial charge is 1.00 e. The minimum Gasteiger partial charge on any atom is -1.00 e. The standard InChI is InChI=1S/CH3.ClH.2Li/h1H3;1H;;/q-1;;2*+1/p-1. The fourth-order valence-corrected chi connectivity index (χ4v) is 0. The molecular weight excluding hydrogens is 61.3 g/mol. The van der Waals surface area contributed by atoms with E-state index in [1.165, 1.54) is 0 Å². The first kappa shape index (κ1) is 50.0. The molecular formula is CH3ClLi2. The molecule has 16 valence electrons. The van der Waals surface area contributed by atoms with Crippen molar-refractivity contribution >= 4 is 0 Å². The Kier molecular flexibility index (Phi) is 309. The number of rotatable bonds is 0. The molecule has 0 nitrogen and oxygen atoms in total. The predicted octanol–water partition coefficient (Wildman–Crippen LogP) is -8.54. The molecule has 0 aromatic rings. The monoisotopic (exact) mass is 64.0 g/mol. The van der Waals surface area contributed by atoms with E-state index in [1.54, 1.807) is 0 Å². The fraction of sp³-hybridized carbons (Fsp3) is 0. The molecule has 0 rings (SSSR count). The van der Waals surface area contributed by atoms with Crippen LogP contribution < -0.4 is 50.1 Å². The van der Waals surface area contributed by atoms with Crippen LogP contribution in [-0.2, 0) is 0 Å². The van der Waals surface area contributed by atoms with Crippen LogP contribution in [-0.4, -0.2) is 0 Å². The first-order chi connectivity index (χ1) is 0. The SMILES string of the molecule is [CH3-].[Cl-].[Li+].[Li+]. The summed E-state index contributed by atoms with van der Waals surface area (Å²) in [4.78, 5) is 0. The van der Waals surface area contributed by atoms with Crippen LogP contribution in [0.15, 0.2) is 0 Å². The molecule has 0 spiro atoms. The zero-order valence-corrected chi connectivity index (χ0v) is 4.13. The Morgan fingerprint density at radius 2 is 0.750 bits per heavy atom. The van der Waals surface area contributed by atoms with Crippen molar-refractivity contribution in [1.29, 1.82) is 0 Å². The minimum absolute atomic E-state index is 0. The van der Waals surface area contributed by atoms with E-state index >= 15 is 0 Å². The van der Waals surface area contributed by atoms with E-state index in [2.05, 4.69) is 0 Å². The second-order valence-electron chi connectivity index (χ2n) is 0. The maximum Gasteiger partial charge on any atom is 1.00 e. The molecule has 0 atom stereocenters. The van der Waals surface area contributed by atoms with Gasteiger partial charge in [-0.05, 0) is 0 Å². The fourth-order valence-electron chi connectivity index (χ4n) is 0. The average Bonchev–Trinajstić information content (AvgIpc) is 0. The van der Waals surface area contributed by atoms with Crippen LogP contribution in [0.25, 0.3) is 0 Å². The van der Waals surface area contributed by atoms with Crippen molar-refractivity contribution in [3.63, 3.8) is 0 Å². The van der Waals surface area contributed by atoms with E-state index in [-0.39, 0.29) is 57.6 Å². The van der Waals surface area contributed by atoms with Crippen molar-refractivity contribution in [2.24, 2.45) is 0 Å². The second-order valence-corrected chi connectivity index (χ2v) is 0. The topological polar surface area (TPSA) is 0 Å². The Morgan fingerprint density at radius 1 is 0.750 bits per heavy atom. The first-order valence-electron chi connectivity index (χ1n) is 0. The summed E-state index contributed by atoms with van der Waals surface area (Å²) in [5, 5.41) is 0. The summed E-state index contributed by atoms with van der Waals surface area (Å²) in [6, 6.07) is 0. The van der Waals surface area contributed by atoms with Gasteiger partial charge in [0.05, 0.1) is 0 Å². The third-order valence-electron chi connectivity index (χ3n) is 0. The normalized spacial score (nSPS) is 0. The Labute approximate surface area is 57.5 Å². The third-order valence-corrected chi connectivity index (χ3v) is 0. The van der Waals surface area contributed by atoms with Crippen LogP contribution in [0.3, 0.4) is 0 Å². The molecule has 0 radical (unpaired) electrons. The summed E-state index contributed by atoms with van der Waals surface area (Å²) in [5.74, 6) is 0. The Bertz CT molecular complexity index is 6.00. The van der Waals surface area contributed by atoms with Gasteiger partial charge in [-0.1, -0.05) is 0 Å². The average molecular weight is 64.4 g/mol. The summed E-state index contributed by atoms with van der Waals surface area (Å²) in [6.07, 6.45) is 0. The quantitative estimate of drug-likeness (QED) is 0.194. The molecule has 0 aliphatic carbocycles. The zero-order valence-electron chi connectivity index (χ0n) is 3.38. The van der Waals surface area contributed by atoms with Gasteiger partial charge in [-0.2, -0.15) is 0 Å². The van der Waals surface area contributed by atoms with E-state index in [0.717, 1.165) is 0 Å². The summed E-state index contributed by atoms with van der Waals surface area (Å²) < 4.78 is 0. The van der Waals surface area contributed by atoms with Crippen LogP contribution in [0.4, 0.5) is 0 Å². The van der Waals surface area contributed by atoms with Crippen molar-refractivity contribution in [1.82, 2.24) is 0 Å². The van der Waals surface area contributed by atoms with Gasteiger partial charge < -0.3 is 19.8 Å². The molecule has 4 heavy (non-hydrogen) atoms. The van der Waals surface area contributed by atoms with Gasteiger partial charge in [0, 0.05) is 0 Å². The maximum atomic E-state index is 0. The molecule has 3 heteroatoms. The molecule has 0 aromatic carbocycles. The van der Waals surface area contributed by atoms with Gasteiger partial charge >= 0.3 is 37.7 Å². The number of hydrogen-bond donors (Lipinski definition) is 0. The van der Waals surface area contributed by atoms with Crippen LogP contribution in [0.5, 0.6) is 0 Å². The minimum atomic E-state index is 0. The number of halogens is 1. The number of hydrogen-bond acceptors (Lipinski definition) is 0. The van der Waals surface area contributed by atoms with E-state index in [4.69, 9.17) is 0 Å². The van der Waals surface area contributed by atoms with Gasteiger partial charge in [-0.25, -0.2) is 0 Å². The summed E-state index contributed by atoms with van der Waals surface area (Å²) >= 11 is 0. The zero-order chi connectivity index (χ0) is 0.